The predicted octanol–water partition coefficient (Wildman–Crippen LogP) is 1.65. The molecule has 0 saturated carbocycles. The molecule has 0 aliphatic carbocycles. The van der Waals surface area contributed by atoms with Crippen LogP contribution in [0.2, 0.25) is 0 Å². The summed E-state index contributed by atoms with van der Waals surface area (Å²) in [6.07, 6.45) is 3.96. The quantitative estimate of drug-likeness (QED) is 0.826. The zero-order valence-electron chi connectivity index (χ0n) is 10.6. The van der Waals surface area contributed by atoms with Crippen LogP contribution in [0.3, 0.4) is 0 Å². The molecule has 1 fully saturated rings. The number of hydrogen-bond acceptors (Lipinski definition) is 3. The molecular formula is C12H22N4. The maximum absolute atomic E-state index is 4.49. The summed E-state index contributed by atoms with van der Waals surface area (Å²) >= 11 is 0. The Morgan fingerprint density at radius 3 is 2.50 bits per heavy atom. The van der Waals surface area contributed by atoms with Crippen molar-refractivity contribution in [3.63, 3.8) is 0 Å². The second-order valence-electron chi connectivity index (χ2n) is 5.10. The average molecular weight is 222 g/mol. The van der Waals surface area contributed by atoms with Gasteiger partial charge in [0.05, 0.1) is 0 Å². The Balaban J connectivity index is 2.19. The molecule has 0 amide bonds. The number of imidazole rings is 1. The summed E-state index contributed by atoms with van der Waals surface area (Å²) in [5.41, 5.74) is 0. The summed E-state index contributed by atoms with van der Waals surface area (Å²) in [7, 11) is 0. The van der Waals surface area contributed by atoms with E-state index < -0.39 is 0 Å². The van der Waals surface area contributed by atoms with Gasteiger partial charge in [0.2, 0.25) is 5.95 Å². The third kappa shape index (κ3) is 2.21. The standard InChI is InChI=1S/C12H22N4/c1-9(2)16-6-5-13-12(16)15-7-10(3)14-11(4)8-15/h5-6,9-11,14H,7-8H2,1-4H3. The molecule has 1 saturated heterocycles. The molecule has 0 aromatic carbocycles. The van der Waals surface area contributed by atoms with Crippen LogP contribution in [-0.2, 0) is 0 Å². The molecule has 16 heavy (non-hydrogen) atoms. The Morgan fingerprint density at radius 1 is 1.31 bits per heavy atom. The van der Waals surface area contributed by atoms with Crippen LogP contribution in [0, 0.1) is 0 Å². The van der Waals surface area contributed by atoms with Gasteiger partial charge in [0, 0.05) is 43.6 Å². The van der Waals surface area contributed by atoms with Crippen molar-refractivity contribution in [3.8, 4) is 0 Å². The van der Waals surface area contributed by atoms with E-state index in [0.717, 1.165) is 19.0 Å². The molecule has 1 aromatic rings. The maximum atomic E-state index is 4.49. The average Bonchev–Trinajstić information content (AvgIpc) is 2.63. The normalized spacial score (nSPS) is 26.4. The minimum absolute atomic E-state index is 0.470. The predicted molar refractivity (Wildman–Crippen MR) is 66.9 cm³/mol. The van der Waals surface area contributed by atoms with E-state index in [4.69, 9.17) is 0 Å². The first-order valence-electron chi connectivity index (χ1n) is 6.11. The van der Waals surface area contributed by atoms with Crippen molar-refractivity contribution in [3.05, 3.63) is 12.4 Å². The molecule has 2 heterocycles. The lowest BCUT2D eigenvalue weighted by Gasteiger charge is -2.37. The fourth-order valence-electron chi connectivity index (χ4n) is 2.44. The van der Waals surface area contributed by atoms with Crippen molar-refractivity contribution in [2.75, 3.05) is 18.0 Å². The molecule has 2 rings (SSSR count). The van der Waals surface area contributed by atoms with E-state index in [9.17, 15) is 0 Å². The van der Waals surface area contributed by atoms with Gasteiger partial charge >= 0.3 is 0 Å². The number of nitrogens with zero attached hydrogens (tertiary/aromatic N) is 3. The lowest BCUT2D eigenvalue weighted by molar-refractivity contribution is 0.398. The number of anilines is 1. The van der Waals surface area contributed by atoms with Crippen molar-refractivity contribution >= 4 is 5.95 Å². The molecule has 4 heteroatoms. The van der Waals surface area contributed by atoms with Crippen LogP contribution in [0.5, 0.6) is 0 Å². The topological polar surface area (TPSA) is 33.1 Å². The van der Waals surface area contributed by atoms with E-state index in [1.807, 2.05) is 6.20 Å². The summed E-state index contributed by atoms with van der Waals surface area (Å²) in [6, 6.07) is 1.53. The Kier molecular flexibility index (Phi) is 3.19. The number of hydrogen-bond donors (Lipinski definition) is 1. The summed E-state index contributed by atoms with van der Waals surface area (Å²) in [5, 5.41) is 3.54. The number of rotatable bonds is 2. The highest BCUT2D eigenvalue weighted by atomic mass is 15.3. The second-order valence-corrected chi connectivity index (χ2v) is 5.10. The van der Waals surface area contributed by atoms with Crippen molar-refractivity contribution in [1.29, 1.82) is 0 Å². The van der Waals surface area contributed by atoms with Gasteiger partial charge in [-0.15, -0.1) is 0 Å². The van der Waals surface area contributed by atoms with E-state index in [-0.39, 0.29) is 0 Å². The SMILES string of the molecule is CC1CN(c2nccn2C(C)C)CC(C)N1. The van der Waals surface area contributed by atoms with Crippen LogP contribution in [0.25, 0.3) is 0 Å². The van der Waals surface area contributed by atoms with E-state index in [1.54, 1.807) is 0 Å². The van der Waals surface area contributed by atoms with Gasteiger partial charge in [0.15, 0.2) is 0 Å². The molecule has 1 N–H and O–H groups in total. The summed E-state index contributed by atoms with van der Waals surface area (Å²) in [4.78, 5) is 6.87. The molecule has 2 unspecified atom stereocenters. The largest absolute Gasteiger partial charge is 0.339 e. The molecule has 1 aliphatic heterocycles. The van der Waals surface area contributed by atoms with Crippen molar-refractivity contribution in [2.45, 2.75) is 45.8 Å². The smallest absolute Gasteiger partial charge is 0.205 e. The summed E-state index contributed by atoms with van der Waals surface area (Å²) in [5.74, 6) is 1.11. The number of piperazine rings is 1. The van der Waals surface area contributed by atoms with Gasteiger partial charge in [0.1, 0.15) is 0 Å². The number of nitrogens with one attached hydrogen (secondary N) is 1. The molecule has 0 radical (unpaired) electrons. The van der Waals surface area contributed by atoms with Gasteiger partial charge in [-0.3, -0.25) is 0 Å². The van der Waals surface area contributed by atoms with Crippen LogP contribution < -0.4 is 10.2 Å². The first-order valence-corrected chi connectivity index (χ1v) is 6.11. The Morgan fingerprint density at radius 2 is 1.94 bits per heavy atom. The summed E-state index contributed by atoms with van der Waals surface area (Å²) < 4.78 is 2.24. The van der Waals surface area contributed by atoms with Crippen molar-refractivity contribution < 1.29 is 0 Å². The van der Waals surface area contributed by atoms with E-state index >= 15 is 0 Å². The highest BCUT2D eigenvalue weighted by molar-refractivity contribution is 5.33. The third-order valence-corrected chi connectivity index (χ3v) is 3.04. The van der Waals surface area contributed by atoms with Crippen LogP contribution in [0.15, 0.2) is 12.4 Å². The van der Waals surface area contributed by atoms with Gasteiger partial charge < -0.3 is 14.8 Å². The van der Waals surface area contributed by atoms with E-state index in [2.05, 4.69) is 53.7 Å². The van der Waals surface area contributed by atoms with Gasteiger partial charge in [-0.1, -0.05) is 0 Å². The second kappa shape index (κ2) is 4.45. The number of aromatic nitrogens is 2. The van der Waals surface area contributed by atoms with Gasteiger partial charge in [-0.05, 0) is 27.7 Å². The fourth-order valence-corrected chi connectivity index (χ4v) is 2.44. The highest BCUT2D eigenvalue weighted by Crippen LogP contribution is 2.19. The molecule has 4 nitrogen and oxygen atoms in total. The Bertz CT molecular complexity index is 335. The zero-order valence-corrected chi connectivity index (χ0v) is 10.6. The highest BCUT2D eigenvalue weighted by Gasteiger charge is 2.24. The van der Waals surface area contributed by atoms with Crippen molar-refractivity contribution in [2.24, 2.45) is 0 Å². The molecule has 0 spiro atoms. The zero-order chi connectivity index (χ0) is 11.7. The molecule has 1 aromatic heterocycles. The van der Waals surface area contributed by atoms with Gasteiger partial charge in [-0.2, -0.15) is 0 Å². The maximum Gasteiger partial charge on any atom is 0.205 e. The van der Waals surface area contributed by atoms with E-state index in [1.165, 1.54) is 0 Å². The van der Waals surface area contributed by atoms with Crippen LogP contribution in [-0.4, -0.2) is 34.7 Å². The lowest BCUT2D eigenvalue weighted by atomic mass is 10.1. The monoisotopic (exact) mass is 222 g/mol. The Hall–Kier alpha value is -1.03. The van der Waals surface area contributed by atoms with E-state index in [0.29, 0.717) is 18.1 Å². The van der Waals surface area contributed by atoms with Crippen LogP contribution in [0.1, 0.15) is 33.7 Å². The first-order chi connectivity index (χ1) is 7.58. The molecular weight excluding hydrogens is 200 g/mol. The lowest BCUT2D eigenvalue weighted by Crippen LogP contribution is -2.55. The molecule has 90 valence electrons. The first kappa shape index (κ1) is 11.5. The van der Waals surface area contributed by atoms with Crippen LogP contribution >= 0.6 is 0 Å². The van der Waals surface area contributed by atoms with Gasteiger partial charge in [0.25, 0.3) is 0 Å². The molecule has 0 bridgehead atoms. The third-order valence-electron chi connectivity index (χ3n) is 3.04. The van der Waals surface area contributed by atoms with Crippen LogP contribution in [0.4, 0.5) is 5.95 Å². The molecule has 1 aliphatic rings. The van der Waals surface area contributed by atoms with Crippen molar-refractivity contribution in [1.82, 2.24) is 14.9 Å². The fraction of sp³-hybridized carbons (Fsp3) is 0.750. The minimum Gasteiger partial charge on any atom is -0.339 e. The van der Waals surface area contributed by atoms with Gasteiger partial charge in [-0.25, -0.2) is 4.98 Å². The molecule has 2 atom stereocenters. The Labute approximate surface area is 97.7 Å². The summed E-state index contributed by atoms with van der Waals surface area (Å²) in [6.45, 7) is 10.9. The minimum atomic E-state index is 0.470.